The van der Waals surface area contributed by atoms with Gasteiger partial charge in [0.2, 0.25) is 6.08 Å². The maximum Gasteiger partial charge on any atom is 0.332 e. The minimum Gasteiger partial charge on any atom is -0.494 e. The molecule has 0 heterocycles. The highest BCUT2D eigenvalue weighted by Crippen LogP contribution is 2.15. The first-order valence-electron chi connectivity index (χ1n) is 7.17. The minimum atomic E-state index is -0.886. The van der Waals surface area contributed by atoms with Gasteiger partial charge in [-0.15, -0.1) is 0 Å². The van der Waals surface area contributed by atoms with Crippen LogP contribution in [0.5, 0.6) is 5.75 Å². The quantitative estimate of drug-likeness (QED) is 0.125. The SMILES string of the molecule is CCOC(=O)[C@H](Cc1ccc(OCCCN=[N+]=[N-])cc1)N=C=O. The highest BCUT2D eigenvalue weighted by Gasteiger charge is 2.19. The molecule has 0 radical (unpaired) electrons. The molecular formula is C15H18N4O4. The molecule has 0 aliphatic heterocycles. The number of isocyanates is 1. The molecular weight excluding hydrogens is 300 g/mol. The van der Waals surface area contributed by atoms with Gasteiger partial charge in [-0.1, -0.05) is 17.2 Å². The maximum atomic E-state index is 11.7. The zero-order valence-corrected chi connectivity index (χ0v) is 12.8. The lowest BCUT2D eigenvalue weighted by molar-refractivity contribution is -0.144. The summed E-state index contributed by atoms with van der Waals surface area (Å²) in [6.45, 7) is 2.75. The van der Waals surface area contributed by atoms with E-state index >= 15 is 0 Å². The average Bonchev–Trinajstić information content (AvgIpc) is 2.56. The number of aliphatic imine (C=N–C) groups is 1. The predicted octanol–water partition coefficient (Wildman–Crippen LogP) is 2.58. The lowest BCUT2D eigenvalue weighted by Gasteiger charge is -2.10. The van der Waals surface area contributed by atoms with Crippen LogP contribution in [-0.2, 0) is 20.7 Å². The van der Waals surface area contributed by atoms with Crippen LogP contribution in [0.1, 0.15) is 18.9 Å². The fraction of sp³-hybridized carbons (Fsp3) is 0.467. The molecule has 1 rings (SSSR count). The molecule has 8 nitrogen and oxygen atoms in total. The van der Waals surface area contributed by atoms with Crippen molar-refractivity contribution in [2.75, 3.05) is 19.8 Å². The molecule has 0 unspecified atom stereocenters. The van der Waals surface area contributed by atoms with Crippen LogP contribution < -0.4 is 4.74 Å². The number of carbonyl (C=O) groups excluding carboxylic acids is 2. The third kappa shape index (κ3) is 7.13. The van der Waals surface area contributed by atoms with E-state index in [1.165, 1.54) is 6.08 Å². The number of hydrogen-bond donors (Lipinski definition) is 0. The molecule has 0 spiro atoms. The predicted molar refractivity (Wildman–Crippen MR) is 82.8 cm³/mol. The van der Waals surface area contributed by atoms with Crippen molar-refractivity contribution in [3.05, 3.63) is 40.3 Å². The zero-order chi connectivity index (χ0) is 16.9. The number of rotatable bonds is 10. The van der Waals surface area contributed by atoms with Crippen LogP contribution in [-0.4, -0.2) is 37.8 Å². The summed E-state index contributed by atoms with van der Waals surface area (Å²) in [7, 11) is 0. The van der Waals surface area contributed by atoms with Crippen LogP contribution in [0.4, 0.5) is 0 Å². The van der Waals surface area contributed by atoms with E-state index in [-0.39, 0.29) is 13.0 Å². The van der Waals surface area contributed by atoms with Crippen LogP contribution in [0.15, 0.2) is 34.4 Å². The van der Waals surface area contributed by atoms with E-state index in [1.807, 2.05) is 0 Å². The molecule has 23 heavy (non-hydrogen) atoms. The largest absolute Gasteiger partial charge is 0.494 e. The number of carbonyl (C=O) groups is 1. The van der Waals surface area contributed by atoms with Crippen LogP contribution >= 0.6 is 0 Å². The van der Waals surface area contributed by atoms with Gasteiger partial charge in [0.25, 0.3) is 0 Å². The average molecular weight is 318 g/mol. The molecule has 0 aromatic heterocycles. The van der Waals surface area contributed by atoms with Gasteiger partial charge in [-0.2, -0.15) is 4.99 Å². The monoisotopic (exact) mass is 318 g/mol. The second-order valence-electron chi connectivity index (χ2n) is 4.49. The van der Waals surface area contributed by atoms with Crippen molar-refractivity contribution in [3.8, 4) is 5.75 Å². The van der Waals surface area contributed by atoms with Gasteiger partial charge in [-0.3, -0.25) is 0 Å². The second kappa shape index (κ2) is 10.8. The van der Waals surface area contributed by atoms with E-state index in [2.05, 4.69) is 15.0 Å². The molecule has 122 valence electrons. The molecule has 1 atom stereocenters. The number of ether oxygens (including phenoxy) is 2. The summed E-state index contributed by atoms with van der Waals surface area (Å²) in [5.74, 6) is 0.121. The standard InChI is InChI=1S/C15H18N4O4/c1-2-22-15(21)14(17-11-20)10-12-4-6-13(7-5-12)23-9-3-8-18-19-16/h4-7,14H,2-3,8-10H2,1H3/t14-/m0/s1. The number of esters is 1. The molecule has 0 saturated carbocycles. The Labute approximate surface area is 133 Å². The van der Waals surface area contributed by atoms with E-state index in [4.69, 9.17) is 15.0 Å². The van der Waals surface area contributed by atoms with Gasteiger partial charge in [-0.05, 0) is 36.6 Å². The number of azide groups is 1. The Hall–Kier alpha value is -2.82. The third-order valence-electron chi connectivity index (χ3n) is 2.85. The highest BCUT2D eigenvalue weighted by molar-refractivity contribution is 5.77. The smallest absolute Gasteiger partial charge is 0.332 e. The number of benzene rings is 1. The van der Waals surface area contributed by atoms with Crippen molar-refractivity contribution in [2.45, 2.75) is 25.8 Å². The molecule has 0 aliphatic rings. The maximum absolute atomic E-state index is 11.7. The molecule has 0 saturated heterocycles. The molecule has 1 aromatic carbocycles. The summed E-state index contributed by atoms with van der Waals surface area (Å²) < 4.78 is 10.4. The van der Waals surface area contributed by atoms with Crippen molar-refractivity contribution in [3.63, 3.8) is 0 Å². The Balaban J connectivity index is 2.55. The first kappa shape index (κ1) is 18.2. The first-order chi connectivity index (χ1) is 11.2. The van der Waals surface area contributed by atoms with Gasteiger partial charge in [-0.25, -0.2) is 9.59 Å². The van der Waals surface area contributed by atoms with Crippen molar-refractivity contribution in [2.24, 2.45) is 10.1 Å². The lowest BCUT2D eigenvalue weighted by atomic mass is 10.1. The van der Waals surface area contributed by atoms with Crippen molar-refractivity contribution < 1.29 is 19.1 Å². The van der Waals surface area contributed by atoms with E-state index in [1.54, 1.807) is 31.2 Å². The van der Waals surface area contributed by atoms with Crippen LogP contribution in [0.3, 0.4) is 0 Å². The van der Waals surface area contributed by atoms with Gasteiger partial charge in [0, 0.05) is 17.9 Å². The summed E-state index contributed by atoms with van der Waals surface area (Å²) in [4.78, 5) is 28.2. The van der Waals surface area contributed by atoms with Crippen LogP contribution in [0.25, 0.3) is 10.4 Å². The summed E-state index contributed by atoms with van der Waals surface area (Å²) in [5, 5.41) is 3.41. The summed E-state index contributed by atoms with van der Waals surface area (Å²) >= 11 is 0. The highest BCUT2D eigenvalue weighted by atomic mass is 16.5. The van der Waals surface area contributed by atoms with Crippen LogP contribution in [0.2, 0.25) is 0 Å². The fourth-order valence-electron chi connectivity index (χ4n) is 1.80. The van der Waals surface area contributed by atoms with Gasteiger partial charge >= 0.3 is 5.97 Å². The molecule has 0 N–H and O–H groups in total. The van der Waals surface area contributed by atoms with Gasteiger partial charge in [0.1, 0.15) is 5.75 Å². The topological polar surface area (TPSA) is 114 Å². The normalized spacial score (nSPS) is 10.8. The summed E-state index contributed by atoms with van der Waals surface area (Å²) in [6.07, 6.45) is 2.28. The third-order valence-corrected chi connectivity index (χ3v) is 2.85. The minimum absolute atomic E-state index is 0.229. The Morgan fingerprint density at radius 3 is 2.74 bits per heavy atom. The zero-order valence-electron chi connectivity index (χ0n) is 12.8. The molecule has 0 bridgehead atoms. The Bertz CT molecular complexity index is 590. The Kier molecular flexibility index (Phi) is 8.59. The van der Waals surface area contributed by atoms with Gasteiger partial charge < -0.3 is 9.47 Å². The summed E-state index contributed by atoms with van der Waals surface area (Å²) in [6, 6.07) is 6.21. The van der Waals surface area contributed by atoms with E-state index in [0.717, 1.165) is 5.56 Å². The van der Waals surface area contributed by atoms with Crippen molar-refractivity contribution in [1.29, 1.82) is 0 Å². The van der Waals surface area contributed by atoms with Crippen LogP contribution in [0, 0.1) is 0 Å². The Morgan fingerprint density at radius 2 is 2.13 bits per heavy atom. The number of hydrogen-bond acceptors (Lipinski definition) is 6. The Morgan fingerprint density at radius 1 is 1.39 bits per heavy atom. The van der Waals surface area contributed by atoms with E-state index < -0.39 is 12.0 Å². The fourth-order valence-corrected chi connectivity index (χ4v) is 1.80. The van der Waals surface area contributed by atoms with Gasteiger partial charge in [0.15, 0.2) is 6.04 Å². The second-order valence-corrected chi connectivity index (χ2v) is 4.49. The molecule has 0 aliphatic carbocycles. The van der Waals surface area contributed by atoms with Crippen molar-refractivity contribution in [1.82, 2.24) is 0 Å². The van der Waals surface area contributed by atoms with E-state index in [0.29, 0.717) is 25.3 Å². The summed E-state index contributed by atoms with van der Waals surface area (Å²) in [5.41, 5.74) is 8.97. The molecule has 0 fully saturated rings. The van der Waals surface area contributed by atoms with Crippen molar-refractivity contribution >= 4 is 12.0 Å². The first-order valence-corrected chi connectivity index (χ1v) is 7.17. The van der Waals surface area contributed by atoms with E-state index in [9.17, 15) is 9.59 Å². The number of nitrogens with zero attached hydrogens (tertiary/aromatic N) is 4. The molecule has 8 heteroatoms. The molecule has 0 amide bonds. The van der Waals surface area contributed by atoms with Gasteiger partial charge in [0.05, 0.1) is 13.2 Å². The molecule has 1 aromatic rings. The lowest BCUT2D eigenvalue weighted by Crippen LogP contribution is -2.23.